The molecule has 4 rings (SSSR count). The lowest BCUT2D eigenvalue weighted by atomic mass is 10.2. The summed E-state index contributed by atoms with van der Waals surface area (Å²) in [5, 5.41) is 6.16. The van der Waals surface area contributed by atoms with Crippen LogP contribution in [-0.4, -0.2) is 17.5 Å². The monoisotopic (exact) mass is 364 g/mol. The van der Waals surface area contributed by atoms with Crippen LogP contribution in [0.4, 0.5) is 5.13 Å². The molecule has 0 aliphatic carbocycles. The van der Waals surface area contributed by atoms with Crippen LogP contribution in [0.3, 0.4) is 0 Å². The van der Waals surface area contributed by atoms with Gasteiger partial charge in [-0.1, -0.05) is 18.2 Å². The Morgan fingerprint density at radius 2 is 2.04 bits per heavy atom. The van der Waals surface area contributed by atoms with Gasteiger partial charge in [0.25, 0.3) is 5.91 Å². The molecule has 0 saturated heterocycles. The van der Waals surface area contributed by atoms with E-state index in [4.69, 9.17) is 9.15 Å². The maximum atomic E-state index is 12.2. The minimum absolute atomic E-state index is 0.183. The number of thiazole rings is 1. The summed E-state index contributed by atoms with van der Waals surface area (Å²) in [5.41, 5.74) is 2.05. The highest BCUT2D eigenvalue weighted by Crippen LogP contribution is 2.32. The minimum Gasteiger partial charge on any atom is -0.494 e. The number of carbonyl (C=O) groups is 1. The van der Waals surface area contributed by atoms with Gasteiger partial charge in [0, 0.05) is 16.3 Å². The van der Waals surface area contributed by atoms with Gasteiger partial charge in [-0.15, -0.1) is 11.3 Å². The third-order valence-corrected chi connectivity index (χ3v) is 4.57. The summed E-state index contributed by atoms with van der Waals surface area (Å²) in [7, 11) is 0. The molecule has 1 N–H and O–H groups in total. The van der Waals surface area contributed by atoms with Gasteiger partial charge in [0.15, 0.2) is 10.9 Å². The number of nitrogens with one attached hydrogen (secondary N) is 1. The van der Waals surface area contributed by atoms with Gasteiger partial charge in [-0.05, 0) is 43.3 Å². The van der Waals surface area contributed by atoms with E-state index in [1.54, 1.807) is 12.1 Å². The number of rotatable bonds is 5. The Morgan fingerprint density at radius 1 is 1.19 bits per heavy atom. The lowest BCUT2D eigenvalue weighted by Gasteiger charge is -2.00. The van der Waals surface area contributed by atoms with Gasteiger partial charge in [0.1, 0.15) is 17.0 Å². The average molecular weight is 364 g/mol. The second-order valence-electron chi connectivity index (χ2n) is 5.60. The number of ether oxygens (including phenoxy) is 1. The fraction of sp³-hybridized carbons (Fsp3) is 0.100. The molecule has 6 heteroatoms. The minimum atomic E-state index is -0.183. The first kappa shape index (κ1) is 16.4. The first-order chi connectivity index (χ1) is 12.7. The largest absolute Gasteiger partial charge is 0.494 e. The highest BCUT2D eigenvalue weighted by Gasteiger charge is 2.13. The first-order valence-electron chi connectivity index (χ1n) is 8.21. The third-order valence-electron chi connectivity index (χ3n) is 3.81. The molecule has 2 aromatic heterocycles. The number of fused-ring (bicyclic) bond motifs is 1. The number of carbonyl (C=O) groups excluding carboxylic acids is 1. The normalized spacial score (nSPS) is 10.8. The van der Waals surface area contributed by atoms with E-state index in [1.165, 1.54) is 11.3 Å². The van der Waals surface area contributed by atoms with Crippen molar-refractivity contribution in [2.75, 3.05) is 11.9 Å². The quantitative estimate of drug-likeness (QED) is 0.528. The van der Waals surface area contributed by atoms with Crippen molar-refractivity contribution in [2.24, 2.45) is 0 Å². The molecule has 26 heavy (non-hydrogen) atoms. The van der Waals surface area contributed by atoms with E-state index in [0.717, 1.165) is 16.7 Å². The molecule has 0 fully saturated rings. The lowest BCUT2D eigenvalue weighted by molar-refractivity contribution is 0.102. The van der Waals surface area contributed by atoms with Crippen molar-refractivity contribution in [1.29, 1.82) is 0 Å². The Morgan fingerprint density at radius 3 is 2.85 bits per heavy atom. The number of hydrogen-bond acceptors (Lipinski definition) is 5. The zero-order valence-electron chi connectivity index (χ0n) is 14.1. The summed E-state index contributed by atoms with van der Waals surface area (Å²) >= 11 is 1.36. The number of hydrogen-bond donors (Lipinski definition) is 1. The van der Waals surface area contributed by atoms with Crippen LogP contribution in [0.15, 0.2) is 64.4 Å². The second kappa shape index (κ2) is 7.01. The summed E-state index contributed by atoms with van der Waals surface area (Å²) in [5.74, 6) is 1.28. The van der Waals surface area contributed by atoms with Gasteiger partial charge in [0.05, 0.1) is 6.61 Å². The van der Waals surface area contributed by atoms with Gasteiger partial charge < -0.3 is 9.15 Å². The maximum absolute atomic E-state index is 12.2. The molecule has 130 valence electrons. The van der Waals surface area contributed by atoms with Crippen LogP contribution < -0.4 is 10.1 Å². The summed E-state index contributed by atoms with van der Waals surface area (Å²) in [6, 6.07) is 16.7. The Labute approximate surface area is 154 Å². The molecular weight excluding hydrogens is 348 g/mol. The molecular formula is C20H16N2O3S. The van der Waals surface area contributed by atoms with Gasteiger partial charge in [-0.2, -0.15) is 0 Å². The van der Waals surface area contributed by atoms with Crippen molar-refractivity contribution in [1.82, 2.24) is 4.98 Å². The first-order valence-corrected chi connectivity index (χ1v) is 9.09. The Bertz CT molecular complexity index is 1050. The van der Waals surface area contributed by atoms with Gasteiger partial charge in [0.2, 0.25) is 0 Å². The molecule has 0 radical (unpaired) electrons. The number of nitrogens with zero attached hydrogens (tertiary/aromatic N) is 1. The Kier molecular flexibility index (Phi) is 4.41. The van der Waals surface area contributed by atoms with Gasteiger partial charge in [-0.3, -0.25) is 10.1 Å². The fourth-order valence-corrected chi connectivity index (χ4v) is 3.30. The summed E-state index contributed by atoms with van der Waals surface area (Å²) < 4.78 is 11.4. The topological polar surface area (TPSA) is 64.4 Å². The van der Waals surface area contributed by atoms with Crippen LogP contribution in [0.1, 0.15) is 17.3 Å². The zero-order chi connectivity index (χ0) is 17.9. The SMILES string of the molecule is CCOc1ccc2oc(-c3csc(NC(=O)c4ccccc4)n3)cc2c1. The molecule has 2 aromatic carbocycles. The van der Waals surface area contributed by atoms with E-state index < -0.39 is 0 Å². The molecule has 4 aromatic rings. The molecule has 0 saturated carbocycles. The number of aromatic nitrogens is 1. The standard InChI is InChI=1S/C20H16N2O3S/c1-2-24-15-8-9-17-14(10-15)11-18(25-17)16-12-26-20(21-16)22-19(23)13-6-4-3-5-7-13/h3-12H,2H2,1H3,(H,21,22,23). The molecule has 5 nitrogen and oxygen atoms in total. The molecule has 0 bridgehead atoms. The highest BCUT2D eigenvalue weighted by atomic mass is 32.1. The predicted molar refractivity (Wildman–Crippen MR) is 103 cm³/mol. The second-order valence-corrected chi connectivity index (χ2v) is 6.46. The summed E-state index contributed by atoms with van der Waals surface area (Å²) in [6.07, 6.45) is 0. The Hall–Kier alpha value is -3.12. The van der Waals surface area contributed by atoms with E-state index in [1.807, 2.05) is 54.8 Å². The highest BCUT2D eigenvalue weighted by molar-refractivity contribution is 7.14. The van der Waals surface area contributed by atoms with Crippen LogP contribution in [0, 0.1) is 0 Å². The van der Waals surface area contributed by atoms with Crippen LogP contribution in [-0.2, 0) is 0 Å². The average Bonchev–Trinajstić information content (AvgIpc) is 3.29. The summed E-state index contributed by atoms with van der Waals surface area (Å²) in [4.78, 5) is 16.7. The number of benzene rings is 2. The van der Waals surface area contributed by atoms with Gasteiger partial charge in [-0.25, -0.2) is 4.98 Å². The molecule has 0 unspecified atom stereocenters. The lowest BCUT2D eigenvalue weighted by Crippen LogP contribution is -2.11. The molecule has 1 amide bonds. The van der Waals surface area contributed by atoms with Crippen molar-refractivity contribution >= 4 is 33.3 Å². The van der Waals surface area contributed by atoms with Crippen LogP contribution in [0.5, 0.6) is 5.75 Å². The molecule has 0 aliphatic rings. The molecule has 0 atom stereocenters. The van der Waals surface area contributed by atoms with Crippen molar-refractivity contribution in [2.45, 2.75) is 6.92 Å². The van der Waals surface area contributed by atoms with Crippen molar-refractivity contribution < 1.29 is 13.9 Å². The summed E-state index contributed by atoms with van der Waals surface area (Å²) in [6.45, 7) is 2.57. The van der Waals surface area contributed by atoms with Gasteiger partial charge >= 0.3 is 0 Å². The molecule has 0 aliphatic heterocycles. The van der Waals surface area contributed by atoms with E-state index in [9.17, 15) is 4.79 Å². The van der Waals surface area contributed by atoms with E-state index in [2.05, 4.69) is 10.3 Å². The van der Waals surface area contributed by atoms with Crippen molar-refractivity contribution in [3.63, 3.8) is 0 Å². The predicted octanol–water partition coefficient (Wildman–Crippen LogP) is 5.21. The third kappa shape index (κ3) is 3.32. The van der Waals surface area contributed by atoms with Crippen LogP contribution in [0.25, 0.3) is 22.4 Å². The van der Waals surface area contributed by atoms with Crippen molar-refractivity contribution in [3.05, 3.63) is 65.5 Å². The fourth-order valence-electron chi connectivity index (χ4n) is 2.61. The van der Waals surface area contributed by atoms with Crippen LogP contribution >= 0.6 is 11.3 Å². The smallest absolute Gasteiger partial charge is 0.257 e. The van der Waals surface area contributed by atoms with Crippen molar-refractivity contribution in [3.8, 4) is 17.2 Å². The maximum Gasteiger partial charge on any atom is 0.257 e. The van der Waals surface area contributed by atoms with E-state index >= 15 is 0 Å². The number of anilines is 1. The molecule has 2 heterocycles. The Balaban J connectivity index is 1.56. The molecule has 0 spiro atoms. The number of amides is 1. The van der Waals surface area contributed by atoms with E-state index in [-0.39, 0.29) is 5.91 Å². The number of furan rings is 1. The zero-order valence-corrected chi connectivity index (χ0v) is 14.9. The van der Waals surface area contributed by atoms with E-state index in [0.29, 0.717) is 28.8 Å². The van der Waals surface area contributed by atoms with Crippen LogP contribution in [0.2, 0.25) is 0 Å².